The normalized spacial score (nSPS) is 29.1. The standard InChI is InChI=1S/C17H25NO5/c1-3-9-21-16-12(2)22-17(19)14(18)10-20-11-15(16)23-13-7-5-4-6-8-13/h4-8,12,14-16H,3,9-11,18H2,1-2H3/t12-,14-,15-,16-/m0/s1. The molecule has 0 saturated carbocycles. The number of carbonyl (C=O) groups excluding carboxylic acids is 1. The zero-order valence-corrected chi connectivity index (χ0v) is 13.6. The van der Waals surface area contributed by atoms with Crippen molar-refractivity contribution in [2.45, 2.75) is 44.6 Å². The van der Waals surface area contributed by atoms with Gasteiger partial charge in [-0.3, -0.25) is 4.79 Å². The zero-order valence-electron chi connectivity index (χ0n) is 13.6. The molecule has 1 saturated heterocycles. The second kappa shape index (κ2) is 8.86. The number of carbonyl (C=O) groups is 1. The SMILES string of the molecule is CCCO[C@H]1[C@H](C)OC(=O)[C@@H](N)COC[C@@H]1Oc1ccccc1. The van der Waals surface area contributed by atoms with Crippen LogP contribution in [0.15, 0.2) is 30.3 Å². The number of para-hydroxylation sites is 1. The monoisotopic (exact) mass is 323 g/mol. The van der Waals surface area contributed by atoms with Crippen molar-refractivity contribution in [1.82, 2.24) is 0 Å². The summed E-state index contributed by atoms with van der Waals surface area (Å²) in [6.07, 6.45) is -0.438. The number of benzene rings is 1. The molecular weight excluding hydrogens is 298 g/mol. The lowest BCUT2D eigenvalue weighted by atomic mass is 10.1. The van der Waals surface area contributed by atoms with Crippen molar-refractivity contribution in [1.29, 1.82) is 0 Å². The van der Waals surface area contributed by atoms with E-state index in [0.29, 0.717) is 12.4 Å². The third-order valence-corrected chi connectivity index (χ3v) is 3.56. The molecule has 6 nitrogen and oxygen atoms in total. The lowest BCUT2D eigenvalue weighted by Gasteiger charge is -2.30. The van der Waals surface area contributed by atoms with Crippen LogP contribution in [0.25, 0.3) is 0 Å². The molecule has 2 N–H and O–H groups in total. The minimum Gasteiger partial charge on any atom is -0.485 e. The summed E-state index contributed by atoms with van der Waals surface area (Å²) in [6.45, 7) is 4.73. The van der Waals surface area contributed by atoms with Crippen LogP contribution in [-0.4, -0.2) is 50.1 Å². The fourth-order valence-electron chi connectivity index (χ4n) is 2.39. The molecular formula is C17H25NO5. The van der Waals surface area contributed by atoms with Gasteiger partial charge in [0, 0.05) is 6.61 Å². The number of ether oxygens (including phenoxy) is 4. The van der Waals surface area contributed by atoms with Gasteiger partial charge in [-0.1, -0.05) is 25.1 Å². The van der Waals surface area contributed by atoms with Gasteiger partial charge in [0.1, 0.15) is 24.0 Å². The Morgan fingerprint density at radius 2 is 2.00 bits per heavy atom. The van der Waals surface area contributed by atoms with Gasteiger partial charge in [-0.2, -0.15) is 0 Å². The molecule has 0 unspecified atom stereocenters. The number of rotatable bonds is 5. The average molecular weight is 323 g/mol. The number of esters is 1. The van der Waals surface area contributed by atoms with Gasteiger partial charge in [0.25, 0.3) is 0 Å². The van der Waals surface area contributed by atoms with Crippen LogP contribution in [0.1, 0.15) is 20.3 Å². The van der Waals surface area contributed by atoms with Crippen molar-refractivity contribution in [3.05, 3.63) is 30.3 Å². The highest BCUT2D eigenvalue weighted by Crippen LogP contribution is 2.19. The first-order valence-electron chi connectivity index (χ1n) is 7.99. The predicted molar refractivity (Wildman–Crippen MR) is 85.2 cm³/mol. The molecule has 6 heteroatoms. The van der Waals surface area contributed by atoms with Gasteiger partial charge in [-0.25, -0.2) is 0 Å². The van der Waals surface area contributed by atoms with Crippen molar-refractivity contribution in [2.75, 3.05) is 19.8 Å². The molecule has 0 aliphatic carbocycles. The molecule has 0 bridgehead atoms. The number of cyclic esters (lactones) is 1. The molecule has 0 spiro atoms. The van der Waals surface area contributed by atoms with Crippen molar-refractivity contribution in [3.63, 3.8) is 0 Å². The molecule has 0 radical (unpaired) electrons. The predicted octanol–water partition coefficient (Wildman–Crippen LogP) is 1.52. The van der Waals surface area contributed by atoms with Gasteiger partial charge in [-0.05, 0) is 25.5 Å². The Labute approximate surface area is 136 Å². The highest BCUT2D eigenvalue weighted by molar-refractivity contribution is 5.75. The maximum absolute atomic E-state index is 11.9. The molecule has 1 heterocycles. The molecule has 1 aliphatic heterocycles. The Balaban J connectivity index is 2.16. The molecule has 23 heavy (non-hydrogen) atoms. The van der Waals surface area contributed by atoms with E-state index in [1.165, 1.54) is 0 Å². The summed E-state index contributed by atoms with van der Waals surface area (Å²) >= 11 is 0. The maximum atomic E-state index is 11.9. The van der Waals surface area contributed by atoms with Crippen LogP contribution < -0.4 is 10.5 Å². The van der Waals surface area contributed by atoms with Crippen LogP contribution in [0, 0.1) is 0 Å². The fraction of sp³-hybridized carbons (Fsp3) is 0.588. The topological polar surface area (TPSA) is 80.0 Å². The lowest BCUT2D eigenvalue weighted by molar-refractivity contribution is -0.161. The maximum Gasteiger partial charge on any atom is 0.325 e. The first kappa shape index (κ1) is 17.7. The van der Waals surface area contributed by atoms with E-state index >= 15 is 0 Å². The van der Waals surface area contributed by atoms with Gasteiger partial charge in [0.2, 0.25) is 0 Å². The molecule has 0 amide bonds. The molecule has 1 aromatic carbocycles. The number of hydrogen-bond acceptors (Lipinski definition) is 6. The third kappa shape index (κ3) is 5.20. The van der Waals surface area contributed by atoms with Crippen molar-refractivity contribution in [3.8, 4) is 5.75 Å². The van der Waals surface area contributed by atoms with E-state index in [4.69, 9.17) is 24.7 Å². The van der Waals surface area contributed by atoms with Crippen LogP contribution in [0.3, 0.4) is 0 Å². The van der Waals surface area contributed by atoms with Crippen molar-refractivity contribution >= 4 is 5.97 Å². The molecule has 4 atom stereocenters. The first-order valence-corrected chi connectivity index (χ1v) is 7.99. The van der Waals surface area contributed by atoms with Crippen LogP contribution in [0.2, 0.25) is 0 Å². The van der Waals surface area contributed by atoms with Crippen LogP contribution >= 0.6 is 0 Å². The molecule has 0 aromatic heterocycles. The van der Waals surface area contributed by atoms with Gasteiger partial charge in [0.05, 0.1) is 13.2 Å². The summed E-state index contributed by atoms with van der Waals surface area (Å²) in [6, 6.07) is 8.65. The minimum absolute atomic E-state index is 0.0979. The Morgan fingerprint density at radius 3 is 2.70 bits per heavy atom. The second-order valence-corrected chi connectivity index (χ2v) is 5.59. The molecule has 128 valence electrons. The largest absolute Gasteiger partial charge is 0.485 e. The smallest absolute Gasteiger partial charge is 0.325 e. The first-order chi connectivity index (χ1) is 11.1. The van der Waals surface area contributed by atoms with E-state index in [2.05, 4.69) is 0 Å². The van der Waals surface area contributed by atoms with E-state index in [-0.39, 0.29) is 13.2 Å². The average Bonchev–Trinajstić information content (AvgIpc) is 2.59. The van der Waals surface area contributed by atoms with E-state index in [0.717, 1.165) is 6.42 Å². The minimum atomic E-state index is -0.792. The van der Waals surface area contributed by atoms with Gasteiger partial charge in [0.15, 0.2) is 6.10 Å². The molecule has 1 aromatic rings. The zero-order chi connectivity index (χ0) is 16.7. The molecule has 2 rings (SSSR count). The highest BCUT2D eigenvalue weighted by atomic mass is 16.6. The summed E-state index contributed by atoms with van der Waals surface area (Å²) in [5.74, 6) is 0.233. The number of hydrogen-bond donors (Lipinski definition) is 1. The second-order valence-electron chi connectivity index (χ2n) is 5.59. The highest BCUT2D eigenvalue weighted by Gasteiger charge is 2.35. The molecule has 1 fully saturated rings. The van der Waals surface area contributed by atoms with E-state index in [9.17, 15) is 4.79 Å². The van der Waals surface area contributed by atoms with Crippen LogP contribution in [-0.2, 0) is 19.0 Å². The van der Waals surface area contributed by atoms with Crippen molar-refractivity contribution in [2.24, 2.45) is 5.73 Å². The molecule has 1 aliphatic rings. The Morgan fingerprint density at radius 1 is 1.26 bits per heavy atom. The van der Waals surface area contributed by atoms with Crippen molar-refractivity contribution < 1.29 is 23.7 Å². The number of nitrogens with two attached hydrogens (primary N) is 1. The lowest BCUT2D eigenvalue weighted by Crippen LogP contribution is -2.46. The van der Waals surface area contributed by atoms with Gasteiger partial charge in [-0.15, -0.1) is 0 Å². The Kier molecular flexibility index (Phi) is 6.83. The fourth-order valence-corrected chi connectivity index (χ4v) is 2.39. The van der Waals surface area contributed by atoms with Crippen LogP contribution in [0.5, 0.6) is 5.75 Å². The quantitative estimate of drug-likeness (QED) is 0.828. The van der Waals surface area contributed by atoms with E-state index in [1.54, 1.807) is 6.92 Å². The van der Waals surface area contributed by atoms with E-state index < -0.39 is 30.3 Å². The third-order valence-electron chi connectivity index (χ3n) is 3.56. The summed E-state index contributed by atoms with van der Waals surface area (Å²) < 4.78 is 22.9. The Bertz CT molecular complexity index is 481. The summed E-state index contributed by atoms with van der Waals surface area (Å²) in [7, 11) is 0. The Hall–Kier alpha value is -1.63. The summed E-state index contributed by atoms with van der Waals surface area (Å²) in [5.41, 5.74) is 5.74. The van der Waals surface area contributed by atoms with Gasteiger partial charge < -0.3 is 24.7 Å². The summed E-state index contributed by atoms with van der Waals surface area (Å²) in [4.78, 5) is 11.9. The summed E-state index contributed by atoms with van der Waals surface area (Å²) in [5, 5.41) is 0. The van der Waals surface area contributed by atoms with Crippen LogP contribution in [0.4, 0.5) is 0 Å². The van der Waals surface area contributed by atoms with E-state index in [1.807, 2.05) is 37.3 Å². The van der Waals surface area contributed by atoms with Gasteiger partial charge >= 0.3 is 5.97 Å².